The quantitative estimate of drug-likeness (QED) is 0.0764. The van der Waals surface area contributed by atoms with Crippen LogP contribution in [-0.2, 0) is 20.9 Å². The normalized spacial score (nSPS) is 16.9. The molecule has 386 valence electrons. The molecule has 21 nitrogen and oxygen atoms in total. The number of ether oxygens (including phenoxy) is 1. The first-order valence-electron chi connectivity index (χ1n) is 22.8. The number of carboxylic acids is 1. The molecule has 5 amide bonds. The molecule has 0 saturated carbocycles. The number of aryl methyl sites for hydroxylation is 1. The summed E-state index contributed by atoms with van der Waals surface area (Å²) in [5.74, 6) is -4.33. The van der Waals surface area contributed by atoms with Crippen LogP contribution in [0.1, 0.15) is 117 Å². The maximum Gasteiger partial charge on any atom is 0.355 e. The lowest BCUT2D eigenvalue weighted by atomic mass is 10.0. The minimum Gasteiger partial charge on any atom is -0.476 e. The summed E-state index contributed by atoms with van der Waals surface area (Å²) >= 11 is 7.00. The van der Waals surface area contributed by atoms with Gasteiger partial charge in [-0.3, -0.25) is 24.0 Å². The topological polar surface area (TPSA) is 302 Å². The van der Waals surface area contributed by atoms with E-state index in [1.807, 2.05) is 13.8 Å². The third-order valence-electron chi connectivity index (χ3n) is 11.5. The minimum absolute atomic E-state index is 0.00142. The van der Waals surface area contributed by atoms with Crippen LogP contribution < -0.4 is 26.6 Å². The fourth-order valence-corrected chi connectivity index (χ4v) is 13.2. The zero-order valence-electron chi connectivity index (χ0n) is 40.2. The highest BCUT2D eigenvalue weighted by molar-refractivity contribution is 7.15. The minimum atomic E-state index is -1.27. The first-order valence-corrected chi connectivity index (χ1v) is 27.9. The number of amides is 5. The molecule has 2 unspecified atom stereocenters. The number of aromatic carboxylic acids is 1. The Labute approximate surface area is 451 Å². The van der Waals surface area contributed by atoms with Gasteiger partial charge in [-0.25, -0.2) is 39.7 Å². The largest absolute Gasteiger partial charge is 0.476 e. The van der Waals surface area contributed by atoms with Crippen molar-refractivity contribution in [1.29, 1.82) is 0 Å². The van der Waals surface area contributed by atoms with Gasteiger partial charge in [0.25, 0.3) is 17.7 Å². The number of pyridine rings is 1. The van der Waals surface area contributed by atoms with E-state index in [2.05, 4.69) is 41.5 Å². The number of aliphatic hydroxyl groups excluding tert-OH is 1. The van der Waals surface area contributed by atoms with Gasteiger partial charge in [-0.1, -0.05) is 44.2 Å². The van der Waals surface area contributed by atoms with Crippen LogP contribution in [0.25, 0.3) is 43.4 Å². The van der Waals surface area contributed by atoms with E-state index in [1.165, 1.54) is 53.5 Å². The van der Waals surface area contributed by atoms with Gasteiger partial charge in [0.2, 0.25) is 11.8 Å². The van der Waals surface area contributed by atoms with Crippen molar-refractivity contribution in [2.75, 3.05) is 20.7 Å². The van der Waals surface area contributed by atoms with Crippen molar-refractivity contribution < 1.29 is 43.7 Å². The second kappa shape index (κ2) is 22.8. The van der Waals surface area contributed by atoms with Crippen LogP contribution >= 0.6 is 68.0 Å². The monoisotopic (exact) mass is 1120 g/mol. The van der Waals surface area contributed by atoms with Crippen LogP contribution in [-0.4, -0.2) is 101 Å². The summed E-state index contributed by atoms with van der Waals surface area (Å²) in [5.41, 5.74) is 2.41. The zero-order valence-corrected chi connectivity index (χ0v) is 45.1. The second-order valence-electron chi connectivity index (χ2n) is 17.0. The molecule has 0 spiro atoms. The number of nitrogens with one attached hydrogen (secondary N) is 5. The molecule has 0 fully saturated rings. The highest BCUT2D eigenvalue weighted by Gasteiger charge is 2.33. The van der Waals surface area contributed by atoms with E-state index in [4.69, 9.17) is 24.7 Å². The van der Waals surface area contributed by atoms with Crippen LogP contribution in [0.15, 0.2) is 64.0 Å². The Bertz CT molecular complexity index is 3450. The number of fused-ring (bicyclic) bond motifs is 14. The molecule has 7 aromatic heterocycles. The van der Waals surface area contributed by atoms with Gasteiger partial charge in [0.15, 0.2) is 5.69 Å². The van der Waals surface area contributed by atoms with Gasteiger partial charge in [0.1, 0.15) is 76.4 Å². The molecular weight excluding hydrogens is 1080 g/mol. The molecule has 0 radical (unpaired) electrons. The van der Waals surface area contributed by atoms with Crippen molar-refractivity contribution in [1.82, 2.24) is 61.5 Å². The SMILES string of the molecule is CNC(=O)C[C@@H]1NC(=O)c2csc(n2)-c2ccc(-c3nc(C(=O)O)cs3)nc2-c2csc(n2)-c2csc(n2)C(C(O)c2ccccc2)NC(=O)CNC(=O)c2nc(sc2COC)[C@H](C(C)C)NC(=O)c2nc1sc2C. The van der Waals surface area contributed by atoms with E-state index >= 15 is 0 Å². The molecular formula is C48H44N12O9S6. The van der Waals surface area contributed by atoms with Gasteiger partial charge >= 0.3 is 5.97 Å². The highest BCUT2D eigenvalue weighted by atomic mass is 32.1. The Kier molecular flexibility index (Phi) is 16.0. The molecule has 4 atom stereocenters. The zero-order chi connectivity index (χ0) is 53.1. The molecule has 0 aliphatic carbocycles. The maximum atomic E-state index is 14.2. The number of methoxy groups -OCH3 is 1. The number of rotatable bonds is 9. The van der Waals surface area contributed by atoms with Crippen LogP contribution in [0.3, 0.4) is 0 Å². The van der Waals surface area contributed by atoms with Crippen molar-refractivity contribution >= 4 is 104 Å². The Balaban J connectivity index is 1.14. The fourth-order valence-electron chi connectivity index (χ4n) is 7.68. The summed E-state index contributed by atoms with van der Waals surface area (Å²) in [7, 11) is 2.93. The summed E-state index contributed by atoms with van der Waals surface area (Å²) in [5, 5.41) is 44.1. The van der Waals surface area contributed by atoms with Crippen molar-refractivity contribution in [3.05, 3.63) is 117 Å². The number of hydrogen-bond acceptors (Lipinski definition) is 21. The van der Waals surface area contributed by atoms with E-state index in [9.17, 15) is 39.0 Å². The Morgan fingerprint density at radius 2 is 1.41 bits per heavy atom. The van der Waals surface area contributed by atoms with Gasteiger partial charge < -0.3 is 41.5 Å². The average molecular weight is 1130 g/mol. The smallest absolute Gasteiger partial charge is 0.355 e. The standard InChI is InChI=1S/C48H44N12O9S6/c1-20(2)33-47-60-36(30(75-47)15-69-5)40(65)50-14-32(62)57-37(38(63)22-9-7-6-8-10-22)46-55-28(18-73-46)44-53-26(16-71-44)35-23(11-12-24(51-35)43-56-29(19-72-43)48(67)68)42-54-27(17-70-42)39(64)52-25(13-31(61)49-4)45-59-34(21(3)74-45)41(66)58-33/h6-12,16-20,25,33,37-38,63H,13-15H2,1-5H3,(H,49,61)(H,50,65)(H,52,64)(H,57,62)(H,58,66)(H,67,68)/t25-,33-,37?,38?/m0/s1. The van der Waals surface area contributed by atoms with Gasteiger partial charge in [-0.2, -0.15) is 0 Å². The number of carboxylic acid groups (broad SMARTS) is 1. The fraction of sp³-hybridized carbons (Fsp3) is 0.271. The Morgan fingerprint density at radius 1 is 0.707 bits per heavy atom. The van der Waals surface area contributed by atoms with Gasteiger partial charge in [0.05, 0.1) is 42.2 Å². The van der Waals surface area contributed by atoms with Crippen LogP contribution in [0, 0.1) is 12.8 Å². The molecule has 1 aromatic carbocycles. The summed E-state index contributed by atoms with van der Waals surface area (Å²) < 4.78 is 5.43. The molecule has 0 saturated heterocycles. The molecule has 8 aromatic rings. The maximum absolute atomic E-state index is 14.2. The average Bonchev–Trinajstić information content (AvgIpc) is 4.27. The lowest BCUT2D eigenvalue weighted by Crippen LogP contribution is -2.40. The molecule has 7 N–H and O–H groups in total. The van der Waals surface area contributed by atoms with Crippen molar-refractivity contribution in [2.24, 2.45) is 5.92 Å². The number of hydrogen-bond donors (Lipinski definition) is 7. The molecule has 10 bridgehead atoms. The number of thiazole rings is 6. The molecule has 27 heteroatoms. The van der Waals surface area contributed by atoms with Gasteiger partial charge in [-0.15, -0.1) is 68.0 Å². The summed E-state index contributed by atoms with van der Waals surface area (Å²) in [4.78, 5) is 115. The highest BCUT2D eigenvalue weighted by Crippen LogP contribution is 2.40. The van der Waals surface area contributed by atoms with Gasteiger partial charge in [-0.05, 0) is 30.5 Å². The van der Waals surface area contributed by atoms with E-state index in [0.717, 1.165) is 34.0 Å². The summed E-state index contributed by atoms with van der Waals surface area (Å²) in [6.07, 6.45) is -1.49. The predicted molar refractivity (Wildman–Crippen MR) is 284 cm³/mol. The van der Waals surface area contributed by atoms with Crippen molar-refractivity contribution in [3.63, 3.8) is 0 Å². The third kappa shape index (κ3) is 11.6. The lowest BCUT2D eigenvalue weighted by Gasteiger charge is -2.23. The Hall–Kier alpha value is -7.11. The van der Waals surface area contributed by atoms with Crippen molar-refractivity contribution in [3.8, 4) is 43.4 Å². The number of aliphatic hydroxyl groups is 1. The van der Waals surface area contributed by atoms with E-state index in [1.54, 1.807) is 65.5 Å². The van der Waals surface area contributed by atoms with E-state index in [0.29, 0.717) is 68.7 Å². The van der Waals surface area contributed by atoms with E-state index < -0.39 is 66.3 Å². The van der Waals surface area contributed by atoms with Crippen molar-refractivity contribution in [2.45, 2.75) is 58.0 Å². The van der Waals surface area contributed by atoms with Crippen LogP contribution in [0.5, 0.6) is 0 Å². The second-order valence-corrected chi connectivity index (χ2v) is 22.8. The summed E-state index contributed by atoms with van der Waals surface area (Å²) in [6.45, 7) is 4.96. The number of carbonyl (C=O) groups is 6. The number of carbonyl (C=O) groups excluding carboxylic acids is 5. The number of aromatic nitrogens is 7. The Morgan fingerprint density at radius 3 is 2.15 bits per heavy atom. The third-order valence-corrected chi connectivity index (χ3v) is 17.2. The molecule has 1 aliphatic heterocycles. The summed E-state index contributed by atoms with van der Waals surface area (Å²) in [6, 6.07) is 9.37. The van der Waals surface area contributed by atoms with Crippen LogP contribution in [0.2, 0.25) is 0 Å². The lowest BCUT2D eigenvalue weighted by molar-refractivity contribution is -0.122. The van der Waals surface area contributed by atoms with Crippen LogP contribution in [0.4, 0.5) is 0 Å². The molecule has 1 aliphatic rings. The van der Waals surface area contributed by atoms with E-state index in [-0.39, 0.29) is 46.7 Å². The number of nitrogens with zero attached hydrogens (tertiary/aromatic N) is 7. The molecule has 9 rings (SSSR count). The first-order chi connectivity index (χ1) is 36.1. The molecule has 75 heavy (non-hydrogen) atoms. The van der Waals surface area contributed by atoms with Gasteiger partial charge in [0, 0.05) is 46.1 Å². The molecule has 8 heterocycles. The predicted octanol–water partition coefficient (Wildman–Crippen LogP) is 7.01. The number of benzene rings is 1. The first kappa shape index (κ1) is 52.7.